The third-order valence-electron chi connectivity index (χ3n) is 2.71. The molecule has 1 amide bonds. The molecule has 7 nitrogen and oxygen atoms in total. The molecule has 18 heavy (non-hydrogen) atoms. The van der Waals surface area contributed by atoms with Crippen molar-refractivity contribution < 1.29 is 28.9 Å². The van der Waals surface area contributed by atoms with Gasteiger partial charge in [0.15, 0.2) is 5.54 Å². The van der Waals surface area contributed by atoms with E-state index >= 15 is 0 Å². The van der Waals surface area contributed by atoms with Crippen molar-refractivity contribution >= 4 is 11.9 Å². The summed E-state index contributed by atoms with van der Waals surface area (Å²) in [4.78, 5) is 22.7. The van der Waals surface area contributed by atoms with Gasteiger partial charge in [0.25, 0.3) is 0 Å². The molecule has 0 bridgehead atoms. The largest absolute Gasteiger partial charge is 0.479 e. The van der Waals surface area contributed by atoms with E-state index in [1.807, 2.05) is 0 Å². The van der Waals surface area contributed by atoms with E-state index in [2.05, 4.69) is 5.32 Å². The molecular formula is C11H19NO6. The van der Waals surface area contributed by atoms with Crippen LogP contribution in [0, 0.1) is 0 Å². The number of amides is 1. The van der Waals surface area contributed by atoms with Gasteiger partial charge >= 0.3 is 5.97 Å². The van der Waals surface area contributed by atoms with Crippen molar-refractivity contribution in [3.05, 3.63) is 0 Å². The fourth-order valence-corrected chi connectivity index (χ4v) is 1.62. The summed E-state index contributed by atoms with van der Waals surface area (Å²) in [6.07, 6.45) is 0.414. The Kier molecular flexibility index (Phi) is 6.03. The standard InChI is InChI=1S/C11H19NO6/c1-16-6-7-17-4-2-9(13)12-11(10(14)15)3-5-18-8-11/h2-8H2,1H3,(H,12,13)(H,14,15). The monoisotopic (exact) mass is 261 g/mol. The average Bonchev–Trinajstić information content (AvgIpc) is 2.78. The van der Waals surface area contributed by atoms with Gasteiger partial charge in [-0.3, -0.25) is 4.79 Å². The lowest BCUT2D eigenvalue weighted by atomic mass is 9.99. The molecule has 1 atom stereocenters. The quantitative estimate of drug-likeness (QED) is 0.567. The van der Waals surface area contributed by atoms with Gasteiger partial charge in [0.05, 0.1) is 26.4 Å². The minimum atomic E-state index is -1.27. The molecule has 0 aromatic carbocycles. The van der Waals surface area contributed by atoms with Crippen LogP contribution >= 0.6 is 0 Å². The number of carbonyl (C=O) groups excluding carboxylic acids is 1. The van der Waals surface area contributed by atoms with Crippen LogP contribution in [-0.2, 0) is 23.8 Å². The number of methoxy groups -OCH3 is 1. The number of hydrogen-bond donors (Lipinski definition) is 2. The zero-order chi connectivity index (χ0) is 13.4. The van der Waals surface area contributed by atoms with E-state index < -0.39 is 11.5 Å². The summed E-state index contributed by atoms with van der Waals surface area (Å²) in [5, 5.41) is 11.6. The Bertz CT molecular complexity index is 287. The summed E-state index contributed by atoms with van der Waals surface area (Å²) in [7, 11) is 1.56. The normalized spacial score (nSPS) is 22.9. The molecule has 1 aliphatic heterocycles. The predicted octanol–water partition coefficient (Wildman–Crippen LogP) is -0.601. The number of carbonyl (C=O) groups is 2. The number of carboxylic acids is 1. The first-order valence-corrected chi connectivity index (χ1v) is 5.79. The van der Waals surface area contributed by atoms with Crippen LogP contribution in [-0.4, -0.2) is 62.7 Å². The summed E-state index contributed by atoms with van der Waals surface area (Å²) >= 11 is 0. The van der Waals surface area contributed by atoms with E-state index in [-0.39, 0.29) is 25.5 Å². The Hall–Kier alpha value is -1.18. The molecule has 0 aliphatic carbocycles. The van der Waals surface area contributed by atoms with Crippen molar-refractivity contribution in [1.29, 1.82) is 0 Å². The molecule has 1 heterocycles. The fraction of sp³-hybridized carbons (Fsp3) is 0.818. The maximum Gasteiger partial charge on any atom is 0.331 e. The first-order chi connectivity index (χ1) is 8.60. The van der Waals surface area contributed by atoms with Gasteiger partial charge in [-0.25, -0.2) is 4.79 Å². The van der Waals surface area contributed by atoms with Gasteiger partial charge < -0.3 is 24.6 Å². The van der Waals surface area contributed by atoms with Crippen LogP contribution in [0.4, 0.5) is 0 Å². The highest BCUT2D eigenvalue weighted by molar-refractivity contribution is 5.87. The Labute approximate surface area is 105 Å². The van der Waals surface area contributed by atoms with Gasteiger partial charge in [-0.15, -0.1) is 0 Å². The van der Waals surface area contributed by atoms with Crippen LogP contribution in [0.25, 0.3) is 0 Å². The topological polar surface area (TPSA) is 94.1 Å². The molecule has 0 saturated carbocycles. The molecule has 104 valence electrons. The summed E-state index contributed by atoms with van der Waals surface area (Å²) in [5.74, 6) is -1.41. The molecule has 7 heteroatoms. The SMILES string of the molecule is COCCOCCC(=O)NC1(C(=O)O)CCOC1. The third kappa shape index (κ3) is 4.25. The van der Waals surface area contributed by atoms with Crippen molar-refractivity contribution in [2.24, 2.45) is 0 Å². The highest BCUT2D eigenvalue weighted by Crippen LogP contribution is 2.19. The smallest absolute Gasteiger partial charge is 0.331 e. The van der Waals surface area contributed by atoms with Crippen LogP contribution in [0.1, 0.15) is 12.8 Å². The number of carboxylic acid groups (broad SMARTS) is 1. The van der Waals surface area contributed by atoms with Gasteiger partial charge in [-0.05, 0) is 0 Å². The lowest BCUT2D eigenvalue weighted by Crippen LogP contribution is -2.55. The molecule has 1 fully saturated rings. The lowest BCUT2D eigenvalue weighted by Gasteiger charge is -2.23. The summed E-state index contributed by atoms with van der Waals surface area (Å²) in [5.41, 5.74) is -1.27. The second-order valence-corrected chi connectivity index (χ2v) is 4.09. The van der Waals surface area contributed by atoms with Crippen molar-refractivity contribution in [2.45, 2.75) is 18.4 Å². The number of rotatable bonds is 8. The number of hydrogen-bond acceptors (Lipinski definition) is 5. The van der Waals surface area contributed by atoms with Crippen LogP contribution in [0.15, 0.2) is 0 Å². The van der Waals surface area contributed by atoms with Crippen molar-refractivity contribution in [1.82, 2.24) is 5.32 Å². The van der Waals surface area contributed by atoms with Crippen LogP contribution in [0.3, 0.4) is 0 Å². The molecule has 0 aromatic heterocycles. The minimum absolute atomic E-state index is 0.0125. The zero-order valence-corrected chi connectivity index (χ0v) is 10.4. The van der Waals surface area contributed by atoms with E-state index in [1.165, 1.54) is 0 Å². The van der Waals surface area contributed by atoms with E-state index in [4.69, 9.17) is 19.3 Å². The fourth-order valence-electron chi connectivity index (χ4n) is 1.62. The van der Waals surface area contributed by atoms with Gasteiger partial charge in [0.1, 0.15) is 0 Å². The van der Waals surface area contributed by atoms with E-state index in [0.29, 0.717) is 26.2 Å². The van der Waals surface area contributed by atoms with Gasteiger partial charge in [-0.1, -0.05) is 0 Å². The first-order valence-electron chi connectivity index (χ1n) is 5.79. The first kappa shape index (κ1) is 14.9. The highest BCUT2D eigenvalue weighted by atomic mass is 16.5. The van der Waals surface area contributed by atoms with Crippen LogP contribution in [0.5, 0.6) is 0 Å². The summed E-state index contributed by atoms with van der Waals surface area (Å²) in [6, 6.07) is 0. The highest BCUT2D eigenvalue weighted by Gasteiger charge is 2.43. The molecule has 0 spiro atoms. The number of nitrogens with one attached hydrogen (secondary N) is 1. The predicted molar refractivity (Wildman–Crippen MR) is 61.3 cm³/mol. The van der Waals surface area contributed by atoms with Gasteiger partial charge in [0, 0.05) is 26.6 Å². The van der Waals surface area contributed by atoms with Gasteiger partial charge in [0.2, 0.25) is 5.91 Å². The maximum absolute atomic E-state index is 11.6. The Morgan fingerprint density at radius 1 is 1.39 bits per heavy atom. The molecule has 1 unspecified atom stereocenters. The average molecular weight is 261 g/mol. The molecule has 1 aliphatic rings. The van der Waals surface area contributed by atoms with E-state index in [9.17, 15) is 9.59 Å². The Balaban J connectivity index is 2.27. The van der Waals surface area contributed by atoms with Crippen molar-refractivity contribution in [3.8, 4) is 0 Å². The molecule has 0 radical (unpaired) electrons. The third-order valence-corrected chi connectivity index (χ3v) is 2.71. The maximum atomic E-state index is 11.6. The Morgan fingerprint density at radius 3 is 2.72 bits per heavy atom. The van der Waals surface area contributed by atoms with E-state index in [0.717, 1.165) is 0 Å². The molecule has 0 aromatic rings. The van der Waals surface area contributed by atoms with Crippen LogP contribution in [0.2, 0.25) is 0 Å². The zero-order valence-electron chi connectivity index (χ0n) is 10.4. The minimum Gasteiger partial charge on any atom is -0.479 e. The Morgan fingerprint density at radius 2 is 2.17 bits per heavy atom. The lowest BCUT2D eigenvalue weighted by molar-refractivity contribution is -0.147. The molecular weight excluding hydrogens is 242 g/mol. The second-order valence-electron chi connectivity index (χ2n) is 4.09. The molecule has 2 N–H and O–H groups in total. The summed E-state index contributed by atoms with van der Waals surface area (Å²) in [6.45, 7) is 1.48. The van der Waals surface area contributed by atoms with Crippen molar-refractivity contribution in [2.75, 3.05) is 40.1 Å². The number of aliphatic carboxylic acids is 1. The molecule has 1 saturated heterocycles. The summed E-state index contributed by atoms with van der Waals surface area (Å²) < 4.78 is 15.0. The van der Waals surface area contributed by atoms with Crippen molar-refractivity contribution in [3.63, 3.8) is 0 Å². The van der Waals surface area contributed by atoms with Crippen LogP contribution < -0.4 is 5.32 Å². The van der Waals surface area contributed by atoms with Gasteiger partial charge in [-0.2, -0.15) is 0 Å². The molecule has 1 rings (SSSR count). The second kappa shape index (κ2) is 7.30. The number of ether oxygens (including phenoxy) is 3. The van der Waals surface area contributed by atoms with E-state index in [1.54, 1.807) is 7.11 Å².